The van der Waals surface area contributed by atoms with Crippen LogP contribution < -0.4 is 20.5 Å². The molecule has 158 valence electrons. The standard InChI is InChI=1S/C20H23N4O5P/c21-17(11-12-18(22)25)20(26)24-19(13-14-23-24)30(27,28-15-7-3-1-4-8-15)29-16-9-5-2-6-10-16/h1-10,14,17,19H,11-13,21H2,(H2,22,25)/t17-,19?/m0/s1. The first kappa shape index (κ1) is 21.5. The lowest BCUT2D eigenvalue weighted by Crippen LogP contribution is -2.45. The molecule has 0 bridgehead atoms. The van der Waals surface area contributed by atoms with Crippen LogP contribution in [-0.4, -0.2) is 34.9 Å². The minimum Gasteiger partial charge on any atom is -0.415 e. The summed E-state index contributed by atoms with van der Waals surface area (Å²) < 4.78 is 25.5. The lowest BCUT2D eigenvalue weighted by Gasteiger charge is -2.30. The highest BCUT2D eigenvalue weighted by atomic mass is 31.2. The Balaban J connectivity index is 1.87. The molecule has 0 spiro atoms. The molecule has 2 amide bonds. The van der Waals surface area contributed by atoms with Crippen molar-refractivity contribution < 1.29 is 23.2 Å². The van der Waals surface area contributed by atoms with Crippen LogP contribution in [0.2, 0.25) is 0 Å². The molecule has 0 radical (unpaired) electrons. The fraction of sp³-hybridized carbons (Fsp3) is 0.250. The van der Waals surface area contributed by atoms with E-state index in [1.165, 1.54) is 6.21 Å². The number of carbonyl (C=O) groups is 2. The van der Waals surface area contributed by atoms with Gasteiger partial charge in [0.05, 0.1) is 6.04 Å². The lowest BCUT2D eigenvalue weighted by atomic mass is 10.1. The number of hydrogen-bond acceptors (Lipinski definition) is 7. The van der Waals surface area contributed by atoms with Crippen LogP contribution in [0.25, 0.3) is 0 Å². The van der Waals surface area contributed by atoms with Crippen molar-refractivity contribution in [3.05, 3.63) is 60.7 Å². The van der Waals surface area contributed by atoms with E-state index in [2.05, 4.69) is 5.10 Å². The molecule has 10 heteroatoms. The van der Waals surface area contributed by atoms with E-state index in [-0.39, 0.29) is 19.3 Å². The van der Waals surface area contributed by atoms with Crippen molar-refractivity contribution in [1.29, 1.82) is 0 Å². The molecule has 1 aliphatic rings. The van der Waals surface area contributed by atoms with Crippen LogP contribution in [0.15, 0.2) is 65.8 Å². The first-order chi connectivity index (χ1) is 14.4. The molecular formula is C20H23N4O5P. The minimum atomic E-state index is -3.97. The third-order valence-corrected chi connectivity index (χ3v) is 6.46. The van der Waals surface area contributed by atoms with E-state index in [1.807, 2.05) is 0 Å². The highest BCUT2D eigenvalue weighted by Crippen LogP contribution is 2.56. The Morgan fingerprint density at radius 2 is 1.60 bits per heavy atom. The van der Waals surface area contributed by atoms with Gasteiger partial charge in [0, 0.05) is 19.1 Å². The summed E-state index contributed by atoms with van der Waals surface area (Å²) in [6, 6.07) is 16.0. The van der Waals surface area contributed by atoms with Crippen molar-refractivity contribution in [2.24, 2.45) is 16.6 Å². The summed E-state index contributed by atoms with van der Waals surface area (Å²) >= 11 is 0. The number of nitrogens with two attached hydrogens (primary N) is 2. The number of hydrazone groups is 1. The Bertz CT molecular complexity index is 909. The number of nitrogens with zero attached hydrogens (tertiary/aromatic N) is 2. The van der Waals surface area contributed by atoms with Crippen molar-refractivity contribution >= 4 is 25.6 Å². The fourth-order valence-corrected chi connectivity index (χ4v) is 4.77. The van der Waals surface area contributed by atoms with E-state index in [0.717, 1.165) is 5.01 Å². The normalized spacial score (nSPS) is 16.8. The number of amides is 2. The van der Waals surface area contributed by atoms with Gasteiger partial charge in [0.25, 0.3) is 5.91 Å². The molecule has 1 unspecified atom stereocenters. The lowest BCUT2D eigenvalue weighted by molar-refractivity contribution is -0.133. The predicted octanol–water partition coefficient (Wildman–Crippen LogP) is 2.47. The maximum Gasteiger partial charge on any atom is 0.455 e. The number of hydrogen-bond donors (Lipinski definition) is 2. The van der Waals surface area contributed by atoms with Gasteiger partial charge in [-0.1, -0.05) is 36.4 Å². The van der Waals surface area contributed by atoms with Crippen molar-refractivity contribution in [3.63, 3.8) is 0 Å². The first-order valence-electron chi connectivity index (χ1n) is 9.37. The summed E-state index contributed by atoms with van der Waals surface area (Å²) in [6.45, 7) is 0. The smallest absolute Gasteiger partial charge is 0.415 e. The molecule has 1 aliphatic heterocycles. The van der Waals surface area contributed by atoms with Crippen molar-refractivity contribution in [3.8, 4) is 11.5 Å². The number of para-hydroxylation sites is 2. The predicted molar refractivity (Wildman–Crippen MR) is 112 cm³/mol. The zero-order chi connectivity index (χ0) is 21.6. The molecule has 2 aromatic rings. The van der Waals surface area contributed by atoms with Gasteiger partial charge in [0.2, 0.25) is 5.91 Å². The number of rotatable bonds is 9. The molecule has 0 saturated carbocycles. The molecule has 1 heterocycles. The second kappa shape index (κ2) is 9.56. The average Bonchev–Trinajstić information content (AvgIpc) is 3.23. The molecule has 0 aromatic heterocycles. The SMILES string of the molecule is NC(=O)CC[C@H](N)C(=O)N1N=CCC1P(=O)(Oc1ccccc1)Oc1ccccc1. The molecule has 0 saturated heterocycles. The molecule has 9 nitrogen and oxygen atoms in total. The van der Waals surface area contributed by atoms with Crippen LogP contribution in [0.1, 0.15) is 19.3 Å². The molecule has 3 rings (SSSR count). The van der Waals surface area contributed by atoms with Gasteiger partial charge >= 0.3 is 7.60 Å². The summed E-state index contributed by atoms with van der Waals surface area (Å²) in [5.41, 5.74) is 11.0. The van der Waals surface area contributed by atoms with Gasteiger partial charge in [-0.15, -0.1) is 0 Å². The molecule has 0 aliphatic carbocycles. The largest absolute Gasteiger partial charge is 0.455 e. The van der Waals surface area contributed by atoms with E-state index in [0.29, 0.717) is 11.5 Å². The Morgan fingerprint density at radius 1 is 1.07 bits per heavy atom. The van der Waals surface area contributed by atoms with Crippen LogP contribution in [0.3, 0.4) is 0 Å². The fourth-order valence-electron chi connectivity index (χ4n) is 2.86. The molecule has 0 fully saturated rings. The summed E-state index contributed by atoms with van der Waals surface area (Å²) in [5, 5.41) is 5.07. The zero-order valence-corrected chi connectivity index (χ0v) is 17.1. The van der Waals surface area contributed by atoms with E-state index >= 15 is 0 Å². The Morgan fingerprint density at radius 3 is 2.10 bits per heavy atom. The van der Waals surface area contributed by atoms with E-state index in [4.69, 9.17) is 20.5 Å². The maximum atomic E-state index is 13.9. The number of benzene rings is 2. The summed E-state index contributed by atoms with van der Waals surface area (Å²) in [4.78, 5) is 23.8. The van der Waals surface area contributed by atoms with Gasteiger partial charge in [-0.3, -0.25) is 9.59 Å². The van der Waals surface area contributed by atoms with Gasteiger partial charge in [0.1, 0.15) is 11.5 Å². The van der Waals surface area contributed by atoms with Crippen molar-refractivity contribution in [2.45, 2.75) is 31.1 Å². The van der Waals surface area contributed by atoms with E-state index < -0.39 is 31.2 Å². The number of carbonyl (C=O) groups excluding carboxylic acids is 2. The van der Waals surface area contributed by atoms with Crippen molar-refractivity contribution in [1.82, 2.24) is 5.01 Å². The van der Waals surface area contributed by atoms with Gasteiger partial charge in [-0.25, -0.2) is 9.57 Å². The molecular weight excluding hydrogens is 407 g/mol. The number of primary amides is 1. The first-order valence-corrected chi connectivity index (χ1v) is 11.0. The Kier molecular flexibility index (Phi) is 6.87. The molecule has 2 atom stereocenters. The zero-order valence-electron chi connectivity index (χ0n) is 16.2. The summed E-state index contributed by atoms with van der Waals surface area (Å²) in [5.74, 6) is -1.51. The second-order valence-corrected chi connectivity index (χ2v) is 8.70. The van der Waals surface area contributed by atoms with Crippen LogP contribution in [0.5, 0.6) is 11.5 Å². The third kappa shape index (κ3) is 5.25. The quantitative estimate of drug-likeness (QED) is 0.586. The van der Waals surface area contributed by atoms with Crippen molar-refractivity contribution in [2.75, 3.05) is 0 Å². The van der Waals surface area contributed by atoms with Gasteiger partial charge in [0.15, 0.2) is 5.78 Å². The molecule has 30 heavy (non-hydrogen) atoms. The molecule has 4 N–H and O–H groups in total. The second-order valence-electron chi connectivity index (χ2n) is 6.66. The van der Waals surface area contributed by atoms with Crippen LogP contribution in [0.4, 0.5) is 0 Å². The topological polar surface area (TPSA) is 137 Å². The van der Waals surface area contributed by atoms with Crippen LogP contribution in [-0.2, 0) is 14.2 Å². The van der Waals surface area contributed by atoms with E-state index in [1.54, 1.807) is 60.7 Å². The minimum absolute atomic E-state index is 0.0478. The van der Waals surface area contributed by atoms with Crippen LogP contribution in [0, 0.1) is 0 Å². The highest BCUT2D eigenvalue weighted by Gasteiger charge is 2.48. The Labute approximate surface area is 174 Å². The highest BCUT2D eigenvalue weighted by molar-refractivity contribution is 7.55. The summed E-state index contributed by atoms with van der Waals surface area (Å²) in [6.07, 6.45) is 1.62. The average molecular weight is 430 g/mol. The van der Waals surface area contributed by atoms with Gasteiger partial charge in [-0.05, 0) is 30.7 Å². The van der Waals surface area contributed by atoms with Gasteiger partial charge < -0.3 is 20.5 Å². The maximum absolute atomic E-state index is 13.9. The van der Waals surface area contributed by atoms with Crippen LogP contribution >= 0.6 is 7.60 Å². The monoisotopic (exact) mass is 430 g/mol. The van der Waals surface area contributed by atoms with E-state index in [9.17, 15) is 14.2 Å². The summed E-state index contributed by atoms with van der Waals surface area (Å²) in [7, 11) is -3.97. The molecule has 2 aromatic carbocycles. The van der Waals surface area contributed by atoms with Gasteiger partial charge in [-0.2, -0.15) is 5.10 Å². The third-order valence-electron chi connectivity index (χ3n) is 4.37. The Hall–Kier alpha value is -3.16.